The Kier molecular flexibility index (Phi) is 3.83. The van der Waals surface area contributed by atoms with E-state index in [4.69, 9.17) is 9.63 Å². The van der Waals surface area contributed by atoms with E-state index in [1.807, 2.05) is 0 Å². The van der Waals surface area contributed by atoms with Gasteiger partial charge >= 0.3 is 0 Å². The lowest BCUT2D eigenvalue weighted by Crippen LogP contribution is -2.35. The molecule has 0 aromatic carbocycles. The van der Waals surface area contributed by atoms with Crippen LogP contribution in [0.1, 0.15) is 18.4 Å². The van der Waals surface area contributed by atoms with E-state index < -0.39 is 16.1 Å². The normalized spacial score (nSPS) is 14.1. The lowest BCUT2D eigenvalue weighted by molar-refractivity contribution is 0.265. The number of nitrogens with one attached hydrogen (secondary N) is 1. The molecule has 1 aromatic rings. The number of aromatic nitrogens is 1. The molecule has 1 rings (SSSR count). The molecule has 0 bridgehead atoms. The van der Waals surface area contributed by atoms with Crippen LogP contribution in [0.2, 0.25) is 0 Å². The zero-order valence-corrected chi connectivity index (χ0v) is 9.41. The summed E-state index contributed by atoms with van der Waals surface area (Å²) in [6.07, 6.45) is 0. The number of sulfonamides is 1. The third kappa shape index (κ3) is 3.98. The standard InChI is InChI=1S/C8H14N2O4S/c1-6(4-11)10-15(12,13)5-8-3-7(2)14-9-8/h3,6,10-11H,4-5H2,1-2H3/t6-/m1/s1. The second-order valence-corrected chi connectivity index (χ2v) is 5.14. The topological polar surface area (TPSA) is 92.4 Å². The Morgan fingerprint density at radius 1 is 1.67 bits per heavy atom. The number of rotatable bonds is 5. The first kappa shape index (κ1) is 12.2. The van der Waals surface area contributed by atoms with Gasteiger partial charge in [-0.1, -0.05) is 5.16 Å². The molecule has 15 heavy (non-hydrogen) atoms. The van der Waals surface area contributed by atoms with Crippen molar-refractivity contribution >= 4 is 10.0 Å². The minimum absolute atomic E-state index is 0.239. The fraction of sp³-hybridized carbons (Fsp3) is 0.625. The van der Waals surface area contributed by atoms with Gasteiger partial charge in [-0.05, 0) is 13.8 Å². The van der Waals surface area contributed by atoms with Gasteiger partial charge in [-0.2, -0.15) is 0 Å². The van der Waals surface area contributed by atoms with Crippen molar-refractivity contribution in [2.24, 2.45) is 0 Å². The van der Waals surface area contributed by atoms with Crippen LogP contribution in [0.4, 0.5) is 0 Å². The molecule has 0 radical (unpaired) electrons. The van der Waals surface area contributed by atoms with Gasteiger partial charge in [0.25, 0.3) is 0 Å². The Balaban J connectivity index is 2.64. The van der Waals surface area contributed by atoms with Gasteiger partial charge in [0.1, 0.15) is 17.2 Å². The van der Waals surface area contributed by atoms with Gasteiger partial charge in [0, 0.05) is 12.1 Å². The molecule has 0 aliphatic rings. The first-order chi connectivity index (χ1) is 6.93. The molecule has 0 saturated carbocycles. The molecule has 2 N–H and O–H groups in total. The Morgan fingerprint density at radius 3 is 2.80 bits per heavy atom. The van der Waals surface area contributed by atoms with Crippen LogP contribution in [0, 0.1) is 6.92 Å². The van der Waals surface area contributed by atoms with E-state index in [-0.39, 0.29) is 12.4 Å². The maximum Gasteiger partial charge on any atom is 0.217 e. The highest BCUT2D eigenvalue weighted by Crippen LogP contribution is 2.05. The number of aliphatic hydroxyl groups is 1. The van der Waals surface area contributed by atoms with Gasteiger partial charge in [0.15, 0.2) is 0 Å². The van der Waals surface area contributed by atoms with Crippen molar-refractivity contribution in [2.75, 3.05) is 6.61 Å². The van der Waals surface area contributed by atoms with E-state index in [1.54, 1.807) is 19.9 Å². The van der Waals surface area contributed by atoms with E-state index >= 15 is 0 Å². The highest BCUT2D eigenvalue weighted by molar-refractivity contribution is 7.88. The molecule has 0 amide bonds. The smallest absolute Gasteiger partial charge is 0.217 e. The lowest BCUT2D eigenvalue weighted by atomic mass is 10.4. The quantitative estimate of drug-likeness (QED) is 0.735. The van der Waals surface area contributed by atoms with Crippen LogP contribution in [0.5, 0.6) is 0 Å². The summed E-state index contributed by atoms with van der Waals surface area (Å²) in [5.41, 5.74) is 0.352. The predicted octanol–water partition coefficient (Wildman–Crippen LogP) is -0.217. The molecular weight excluding hydrogens is 220 g/mol. The zero-order chi connectivity index (χ0) is 11.5. The van der Waals surface area contributed by atoms with Gasteiger partial charge in [-0.15, -0.1) is 0 Å². The Bertz CT molecular complexity index is 412. The number of hydrogen-bond donors (Lipinski definition) is 2. The van der Waals surface area contributed by atoms with Gasteiger partial charge in [-0.3, -0.25) is 0 Å². The average molecular weight is 234 g/mol. The van der Waals surface area contributed by atoms with Crippen LogP contribution < -0.4 is 4.72 Å². The van der Waals surface area contributed by atoms with E-state index in [9.17, 15) is 8.42 Å². The molecule has 0 saturated heterocycles. The molecule has 0 fully saturated rings. The maximum absolute atomic E-state index is 11.5. The number of aryl methyl sites for hydroxylation is 1. The van der Waals surface area contributed by atoms with Gasteiger partial charge < -0.3 is 9.63 Å². The molecule has 6 nitrogen and oxygen atoms in total. The monoisotopic (exact) mass is 234 g/mol. The van der Waals surface area contributed by atoms with Crippen LogP contribution in [0.3, 0.4) is 0 Å². The summed E-state index contributed by atoms with van der Waals surface area (Å²) in [4.78, 5) is 0. The van der Waals surface area contributed by atoms with E-state index in [2.05, 4.69) is 9.88 Å². The highest BCUT2D eigenvalue weighted by atomic mass is 32.2. The molecule has 1 aromatic heterocycles. The summed E-state index contributed by atoms with van der Waals surface area (Å²) in [6, 6.07) is 1.06. The zero-order valence-electron chi connectivity index (χ0n) is 8.60. The number of aliphatic hydroxyl groups excluding tert-OH is 1. The van der Waals surface area contributed by atoms with Crippen LogP contribution in [0.15, 0.2) is 10.6 Å². The Hall–Kier alpha value is -0.920. The third-order valence-electron chi connectivity index (χ3n) is 1.67. The summed E-state index contributed by atoms with van der Waals surface area (Å²) in [5, 5.41) is 12.3. The Labute approximate surface area is 88.3 Å². The van der Waals surface area contributed by atoms with Crippen LogP contribution in [-0.2, 0) is 15.8 Å². The van der Waals surface area contributed by atoms with Crippen molar-refractivity contribution in [1.82, 2.24) is 9.88 Å². The summed E-state index contributed by atoms with van der Waals surface area (Å²) in [5.74, 6) is 0.324. The first-order valence-corrected chi connectivity index (χ1v) is 6.11. The highest BCUT2D eigenvalue weighted by Gasteiger charge is 2.16. The first-order valence-electron chi connectivity index (χ1n) is 4.46. The minimum atomic E-state index is -3.47. The molecular formula is C8H14N2O4S. The summed E-state index contributed by atoms with van der Waals surface area (Å²) >= 11 is 0. The predicted molar refractivity (Wildman–Crippen MR) is 53.5 cm³/mol. The van der Waals surface area contributed by atoms with Crippen molar-refractivity contribution in [3.63, 3.8) is 0 Å². The van der Waals surface area contributed by atoms with Crippen molar-refractivity contribution in [1.29, 1.82) is 0 Å². The SMILES string of the molecule is Cc1cc(CS(=O)(=O)N[C@H](C)CO)no1. The molecule has 1 heterocycles. The van der Waals surface area contributed by atoms with Crippen molar-refractivity contribution in [2.45, 2.75) is 25.6 Å². The molecule has 0 unspecified atom stereocenters. The van der Waals surface area contributed by atoms with E-state index in [0.29, 0.717) is 11.5 Å². The molecule has 0 aliphatic heterocycles. The summed E-state index contributed by atoms with van der Waals surface area (Å²) in [6.45, 7) is 3.02. The second-order valence-electron chi connectivity index (χ2n) is 3.39. The van der Waals surface area contributed by atoms with Crippen LogP contribution in [-0.4, -0.2) is 31.3 Å². The number of nitrogens with zero attached hydrogens (tertiary/aromatic N) is 1. The maximum atomic E-state index is 11.5. The van der Waals surface area contributed by atoms with Crippen molar-refractivity contribution in [3.8, 4) is 0 Å². The van der Waals surface area contributed by atoms with E-state index in [1.165, 1.54) is 0 Å². The fourth-order valence-electron chi connectivity index (χ4n) is 1.07. The average Bonchev–Trinajstić information content (AvgIpc) is 2.49. The van der Waals surface area contributed by atoms with Gasteiger partial charge in [0.05, 0.1) is 6.61 Å². The lowest BCUT2D eigenvalue weighted by Gasteiger charge is -2.09. The number of hydrogen-bond acceptors (Lipinski definition) is 5. The molecule has 86 valence electrons. The van der Waals surface area contributed by atoms with Crippen LogP contribution >= 0.6 is 0 Å². The van der Waals surface area contributed by atoms with Crippen molar-refractivity contribution in [3.05, 3.63) is 17.5 Å². The third-order valence-corrected chi connectivity index (χ3v) is 3.11. The summed E-state index contributed by atoms with van der Waals surface area (Å²) in [7, 11) is -3.47. The largest absolute Gasteiger partial charge is 0.395 e. The van der Waals surface area contributed by atoms with Crippen molar-refractivity contribution < 1.29 is 18.0 Å². The van der Waals surface area contributed by atoms with Gasteiger partial charge in [0.2, 0.25) is 10.0 Å². The molecule has 1 atom stereocenters. The minimum Gasteiger partial charge on any atom is -0.395 e. The van der Waals surface area contributed by atoms with E-state index in [0.717, 1.165) is 0 Å². The molecule has 0 spiro atoms. The Morgan fingerprint density at radius 2 is 2.33 bits per heavy atom. The second kappa shape index (κ2) is 4.73. The molecule has 0 aliphatic carbocycles. The summed E-state index contributed by atoms with van der Waals surface area (Å²) < 4.78 is 30.0. The molecule has 7 heteroatoms. The van der Waals surface area contributed by atoms with Crippen LogP contribution in [0.25, 0.3) is 0 Å². The van der Waals surface area contributed by atoms with Gasteiger partial charge in [-0.25, -0.2) is 13.1 Å². The fourth-order valence-corrected chi connectivity index (χ4v) is 2.36.